The minimum absolute atomic E-state index is 0.0246. The summed E-state index contributed by atoms with van der Waals surface area (Å²) in [5.41, 5.74) is 6.34. The molecule has 0 bridgehead atoms. The second kappa shape index (κ2) is 7.31. The molecule has 1 aliphatic heterocycles. The van der Waals surface area contributed by atoms with Crippen LogP contribution in [0.15, 0.2) is 24.5 Å². The van der Waals surface area contributed by atoms with Crippen LogP contribution in [0, 0.1) is 6.92 Å². The molecular formula is C16H21N7O. The summed E-state index contributed by atoms with van der Waals surface area (Å²) < 4.78 is 0. The molecule has 1 amide bonds. The zero-order chi connectivity index (χ0) is 16.9. The average Bonchev–Trinajstić information content (AvgIpc) is 2.61. The van der Waals surface area contributed by atoms with Crippen molar-refractivity contribution in [1.82, 2.24) is 24.8 Å². The fourth-order valence-electron chi connectivity index (χ4n) is 2.86. The Morgan fingerprint density at radius 3 is 2.92 bits per heavy atom. The minimum atomic E-state index is -0.0246. The van der Waals surface area contributed by atoms with Crippen LogP contribution in [-0.2, 0) is 4.79 Å². The maximum atomic E-state index is 11.9. The van der Waals surface area contributed by atoms with Gasteiger partial charge < -0.3 is 16.0 Å². The predicted molar refractivity (Wildman–Crippen MR) is 89.7 cm³/mol. The Kier molecular flexibility index (Phi) is 4.95. The summed E-state index contributed by atoms with van der Waals surface area (Å²) in [4.78, 5) is 31.1. The number of likely N-dealkylation sites (tertiary alicyclic amines) is 1. The van der Waals surface area contributed by atoms with E-state index < -0.39 is 0 Å². The van der Waals surface area contributed by atoms with Crippen molar-refractivity contribution >= 4 is 17.7 Å². The molecule has 0 aromatic carbocycles. The lowest BCUT2D eigenvalue weighted by molar-refractivity contribution is -0.130. The van der Waals surface area contributed by atoms with E-state index in [1.165, 1.54) is 0 Å². The summed E-state index contributed by atoms with van der Waals surface area (Å²) in [6.45, 7) is 3.33. The standard InChI is InChI=1S/C16H21N7O/c1-11-8-13(22-16-18-5-3-6-19-16)21-15(20-11)12-4-2-7-23(10-12)14(24)9-17/h3,5-6,8,12H,2,4,7,9-10,17H2,1H3,(H,18,19,20,21,22)/t12-/m0/s1. The van der Waals surface area contributed by atoms with Gasteiger partial charge in [0.05, 0.1) is 6.54 Å². The highest BCUT2D eigenvalue weighted by atomic mass is 16.2. The van der Waals surface area contributed by atoms with Crippen LogP contribution < -0.4 is 11.1 Å². The molecule has 3 rings (SSSR count). The van der Waals surface area contributed by atoms with Gasteiger partial charge in [-0.05, 0) is 25.8 Å². The SMILES string of the molecule is Cc1cc(Nc2ncccn2)nc([C@H]2CCCN(C(=O)CN)C2)n1. The van der Waals surface area contributed by atoms with Gasteiger partial charge in [-0.3, -0.25) is 4.79 Å². The number of rotatable bonds is 4. The van der Waals surface area contributed by atoms with E-state index in [1.54, 1.807) is 23.4 Å². The Morgan fingerprint density at radius 1 is 1.38 bits per heavy atom. The van der Waals surface area contributed by atoms with Crippen molar-refractivity contribution in [3.05, 3.63) is 36.0 Å². The van der Waals surface area contributed by atoms with Gasteiger partial charge in [0.15, 0.2) is 0 Å². The molecular weight excluding hydrogens is 306 g/mol. The van der Waals surface area contributed by atoms with Crippen molar-refractivity contribution in [3.63, 3.8) is 0 Å². The molecule has 1 aliphatic rings. The molecule has 0 spiro atoms. The average molecular weight is 327 g/mol. The number of anilines is 2. The van der Waals surface area contributed by atoms with Gasteiger partial charge in [-0.1, -0.05) is 0 Å². The largest absolute Gasteiger partial charge is 0.341 e. The highest BCUT2D eigenvalue weighted by Crippen LogP contribution is 2.26. The van der Waals surface area contributed by atoms with E-state index in [1.807, 2.05) is 13.0 Å². The smallest absolute Gasteiger partial charge is 0.236 e. The zero-order valence-electron chi connectivity index (χ0n) is 13.6. The summed E-state index contributed by atoms with van der Waals surface area (Å²) in [7, 11) is 0. The third-order valence-electron chi connectivity index (χ3n) is 3.99. The molecule has 3 heterocycles. The maximum absolute atomic E-state index is 11.9. The van der Waals surface area contributed by atoms with Crippen LogP contribution in [0.25, 0.3) is 0 Å². The first-order valence-corrected chi connectivity index (χ1v) is 8.03. The fraction of sp³-hybridized carbons (Fsp3) is 0.438. The molecule has 0 saturated carbocycles. The normalized spacial score (nSPS) is 17.6. The number of carbonyl (C=O) groups excluding carboxylic acids is 1. The van der Waals surface area contributed by atoms with Crippen LogP contribution in [0.1, 0.15) is 30.3 Å². The molecule has 0 aliphatic carbocycles. The third kappa shape index (κ3) is 3.83. The van der Waals surface area contributed by atoms with Crippen LogP contribution >= 0.6 is 0 Å². The van der Waals surface area contributed by atoms with Gasteiger partial charge in [0.1, 0.15) is 11.6 Å². The molecule has 8 nitrogen and oxygen atoms in total. The topological polar surface area (TPSA) is 110 Å². The van der Waals surface area contributed by atoms with Crippen molar-refractivity contribution in [3.8, 4) is 0 Å². The zero-order valence-corrected chi connectivity index (χ0v) is 13.6. The van der Waals surface area contributed by atoms with Crippen LogP contribution in [0.4, 0.5) is 11.8 Å². The monoisotopic (exact) mass is 327 g/mol. The minimum Gasteiger partial charge on any atom is -0.341 e. The molecule has 8 heteroatoms. The number of aromatic nitrogens is 4. The van der Waals surface area contributed by atoms with Gasteiger partial charge in [-0.2, -0.15) is 0 Å². The number of amides is 1. The van der Waals surface area contributed by atoms with Gasteiger partial charge in [-0.25, -0.2) is 19.9 Å². The van der Waals surface area contributed by atoms with Crippen LogP contribution in [0.5, 0.6) is 0 Å². The lowest BCUT2D eigenvalue weighted by Gasteiger charge is -2.32. The first-order valence-electron chi connectivity index (χ1n) is 8.03. The Hall–Kier alpha value is -2.61. The van der Waals surface area contributed by atoms with E-state index in [2.05, 4.69) is 25.3 Å². The van der Waals surface area contributed by atoms with Crippen LogP contribution in [0.2, 0.25) is 0 Å². The number of hydrogen-bond acceptors (Lipinski definition) is 7. The molecule has 126 valence electrons. The second-order valence-electron chi connectivity index (χ2n) is 5.83. The molecule has 2 aromatic rings. The lowest BCUT2D eigenvalue weighted by Crippen LogP contribution is -2.42. The van der Waals surface area contributed by atoms with Crippen molar-refractivity contribution in [1.29, 1.82) is 0 Å². The van der Waals surface area contributed by atoms with Gasteiger partial charge in [0.25, 0.3) is 0 Å². The van der Waals surface area contributed by atoms with E-state index in [0.29, 0.717) is 18.3 Å². The Morgan fingerprint density at radius 2 is 2.17 bits per heavy atom. The number of piperidine rings is 1. The molecule has 0 unspecified atom stereocenters. The second-order valence-corrected chi connectivity index (χ2v) is 5.83. The number of aryl methyl sites for hydroxylation is 1. The van der Waals surface area contributed by atoms with Gasteiger partial charge >= 0.3 is 0 Å². The van der Waals surface area contributed by atoms with E-state index in [9.17, 15) is 4.79 Å². The molecule has 0 radical (unpaired) electrons. The number of carbonyl (C=O) groups is 1. The summed E-state index contributed by atoms with van der Waals surface area (Å²) in [6.07, 6.45) is 5.22. The Balaban J connectivity index is 1.79. The number of hydrogen-bond donors (Lipinski definition) is 2. The van der Waals surface area contributed by atoms with E-state index >= 15 is 0 Å². The van der Waals surface area contributed by atoms with Crippen molar-refractivity contribution in [2.75, 3.05) is 25.0 Å². The highest BCUT2D eigenvalue weighted by Gasteiger charge is 2.26. The summed E-state index contributed by atoms with van der Waals surface area (Å²) in [5, 5.41) is 3.10. The quantitative estimate of drug-likeness (QED) is 0.861. The molecule has 2 aromatic heterocycles. The Bertz CT molecular complexity index is 707. The molecule has 3 N–H and O–H groups in total. The van der Waals surface area contributed by atoms with Crippen LogP contribution in [-0.4, -0.2) is 50.4 Å². The van der Waals surface area contributed by atoms with Crippen molar-refractivity contribution < 1.29 is 4.79 Å². The van der Waals surface area contributed by atoms with E-state index in [0.717, 1.165) is 30.9 Å². The Labute approximate surface area is 140 Å². The fourth-order valence-corrected chi connectivity index (χ4v) is 2.86. The molecule has 1 atom stereocenters. The van der Waals surface area contributed by atoms with Crippen molar-refractivity contribution in [2.24, 2.45) is 5.73 Å². The third-order valence-corrected chi connectivity index (χ3v) is 3.99. The van der Waals surface area contributed by atoms with Gasteiger partial charge in [0.2, 0.25) is 11.9 Å². The van der Waals surface area contributed by atoms with E-state index in [4.69, 9.17) is 5.73 Å². The molecule has 24 heavy (non-hydrogen) atoms. The van der Waals surface area contributed by atoms with Crippen molar-refractivity contribution in [2.45, 2.75) is 25.7 Å². The lowest BCUT2D eigenvalue weighted by atomic mass is 9.97. The highest BCUT2D eigenvalue weighted by molar-refractivity contribution is 5.78. The number of nitrogens with two attached hydrogens (primary N) is 1. The first kappa shape index (κ1) is 16.3. The summed E-state index contributed by atoms with van der Waals surface area (Å²) in [5.74, 6) is 1.98. The molecule has 1 saturated heterocycles. The number of nitrogens with one attached hydrogen (secondary N) is 1. The number of nitrogens with zero attached hydrogens (tertiary/aromatic N) is 5. The first-order chi connectivity index (χ1) is 11.7. The predicted octanol–water partition coefficient (Wildman–Crippen LogP) is 0.983. The van der Waals surface area contributed by atoms with Gasteiger partial charge in [0, 0.05) is 43.2 Å². The van der Waals surface area contributed by atoms with Gasteiger partial charge in [-0.15, -0.1) is 0 Å². The maximum Gasteiger partial charge on any atom is 0.236 e. The summed E-state index contributed by atoms with van der Waals surface area (Å²) in [6, 6.07) is 3.61. The van der Waals surface area contributed by atoms with E-state index in [-0.39, 0.29) is 18.4 Å². The van der Waals surface area contributed by atoms with Crippen LogP contribution in [0.3, 0.4) is 0 Å². The molecule has 1 fully saturated rings. The summed E-state index contributed by atoms with van der Waals surface area (Å²) >= 11 is 0.